The van der Waals surface area contributed by atoms with Gasteiger partial charge in [-0.3, -0.25) is 4.79 Å². The molecular weight excluding hydrogens is 468 g/mol. The summed E-state index contributed by atoms with van der Waals surface area (Å²) in [7, 11) is 0. The van der Waals surface area contributed by atoms with Crippen molar-refractivity contribution < 1.29 is 14.3 Å². The van der Waals surface area contributed by atoms with Crippen LogP contribution < -0.4 is 10.6 Å². The van der Waals surface area contributed by atoms with Gasteiger partial charge in [0.1, 0.15) is 5.82 Å². The van der Waals surface area contributed by atoms with Gasteiger partial charge in [-0.1, -0.05) is 24.3 Å². The molecule has 194 valence electrons. The van der Waals surface area contributed by atoms with Crippen LogP contribution in [0.1, 0.15) is 37.2 Å². The molecule has 0 radical (unpaired) electrons. The smallest absolute Gasteiger partial charge is 0.314 e. The predicted molar refractivity (Wildman–Crippen MR) is 142 cm³/mol. The first-order chi connectivity index (χ1) is 18.0. The molecule has 4 heterocycles. The summed E-state index contributed by atoms with van der Waals surface area (Å²) >= 11 is 0. The molecule has 2 N–H and O–H groups in total. The van der Waals surface area contributed by atoms with Crippen molar-refractivity contribution in [3.8, 4) is 11.3 Å². The number of amides is 3. The van der Waals surface area contributed by atoms with Crippen molar-refractivity contribution in [1.82, 2.24) is 19.4 Å². The number of aromatic nitrogens is 2. The van der Waals surface area contributed by atoms with Crippen LogP contribution in [-0.4, -0.2) is 77.2 Å². The molecule has 2 saturated heterocycles. The van der Waals surface area contributed by atoms with Gasteiger partial charge in [0.05, 0.1) is 17.9 Å². The van der Waals surface area contributed by atoms with E-state index in [0.29, 0.717) is 25.6 Å². The van der Waals surface area contributed by atoms with E-state index in [1.165, 1.54) is 0 Å². The van der Waals surface area contributed by atoms with Gasteiger partial charge in [-0.2, -0.15) is 0 Å². The average molecular weight is 503 g/mol. The molecule has 0 bridgehead atoms. The second-order valence-electron chi connectivity index (χ2n) is 10.3. The number of anilines is 1. The van der Waals surface area contributed by atoms with Crippen molar-refractivity contribution in [2.45, 2.75) is 38.8 Å². The zero-order valence-electron chi connectivity index (χ0n) is 21.4. The number of urea groups is 1. The minimum atomic E-state index is -0.352. The van der Waals surface area contributed by atoms with Crippen molar-refractivity contribution >= 4 is 28.4 Å². The predicted octanol–water partition coefficient (Wildman–Crippen LogP) is 3.16. The van der Waals surface area contributed by atoms with Crippen molar-refractivity contribution in [2.75, 3.05) is 50.8 Å². The van der Waals surface area contributed by atoms with E-state index in [1.54, 1.807) is 11.8 Å². The molecule has 9 nitrogen and oxygen atoms in total. The highest BCUT2D eigenvalue weighted by Crippen LogP contribution is 2.38. The lowest BCUT2D eigenvalue weighted by Crippen LogP contribution is -2.50. The van der Waals surface area contributed by atoms with Crippen LogP contribution in [0.3, 0.4) is 0 Å². The van der Waals surface area contributed by atoms with Crippen molar-refractivity contribution in [3.63, 3.8) is 0 Å². The Bertz CT molecular complexity index is 1340. The Morgan fingerprint density at radius 2 is 1.73 bits per heavy atom. The fourth-order valence-electron chi connectivity index (χ4n) is 6.01. The van der Waals surface area contributed by atoms with Crippen LogP contribution in [-0.2, 0) is 22.6 Å². The van der Waals surface area contributed by atoms with E-state index in [4.69, 9.17) is 15.5 Å². The minimum Gasteiger partial charge on any atom is -0.381 e. The molecule has 6 rings (SSSR count). The summed E-state index contributed by atoms with van der Waals surface area (Å²) in [5.41, 5.74) is 9.82. The summed E-state index contributed by atoms with van der Waals surface area (Å²) in [5.74, 6) is 1.62. The lowest BCUT2D eigenvalue weighted by atomic mass is 9.99. The maximum atomic E-state index is 12.3. The molecule has 2 fully saturated rings. The second kappa shape index (κ2) is 9.70. The van der Waals surface area contributed by atoms with Crippen LogP contribution in [0.4, 0.5) is 10.5 Å². The number of piperazine rings is 1. The van der Waals surface area contributed by atoms with Crippen molar-refractivity contribution in [3.05, 3.63) is 47.9 Å². The average Bonchev–Trinajstić information content (AvgIpc) is 3.31. The number of imidazole rings is 1. The third kappa shape index (κ3) is 4.41. The largest absolute Gasteiger partial charge is 0.381 e. The van der Waals surface area contributed by atoms with E-state index < -0.39 is 0 Å². The van der Waals surface area contributed by atoms with E-state index in [-0.39, 0.29) is 11.9 Å². The number of nitrogens with zero attached hydrogens (tertiary/aromatic N) is 5. The Hall–Kier alpha value is -3.59. The van der Waals surface area contributed by atoms with Crippen LogP contribution >= 0.6 is 0 Å². The van der Waals surface area contributed by atoms with Gasteiger partial charge < -0.3 is 29.7 Å². The first kappa shape index (κ1) is 23.8. The zero-order valence-corrected chi connectivity index (χ0v) is 21.4. The van der Waals surface area contributed by atoms with Crippen molar-refractivity contribution in [1.29, 1.82) is 0 Å². The van der Waals surface area contributed by atoms with E-state index in [9.17, 15) is 9.59 Å². The Kier molecular flexibility index (Phi) is 6.24. The highest BCUT2D eigenvalue weighted by atomic mass is 16.5. The van der Waals surface area contributed by atoms with E-state index in [1.807, 2.05) is 4.90 Å². The second-order valence-corrected chi connectivity index (χ2v) is 10.3. The molecular formula is C28H34N6O3. The molecule has 3 aliphatic rings. The fourth-order valence-corrected chi connectivity index (χ4v) is 6.01. The molecule has 0 aliphatic carbocycles. The molecule has 0 saturated carbocycles. The Balaban J connectivity index is 1.38. The summed E-state index contributed by atoms with van der Waals surface area (Å²) in [4.78, 5) is 35.0. The monoisotopic (exact) mass is 502 g/mol. The topological polar surface area (TPSA) is 96.9 Å². The Morgan fingerprint density at radius 3 is 2.46 bits per heavy atom. The zero-order chi connectivity index (χ0) is 25.5. The summed E-state index contributed by atoms with van der Waals surface area (Å²) in [6.45, 7) is 8.06. The molecule has 0 unspecified atom stereocenters. The quantitative estimate of drug-likeness (QED) is 0.594. The number of nitrogens with two attached hydrogens (primary N) is 1. The first-order valence-corrected chi connectivity index (χ1v) is 13.2. The van der Waals surface area contributed by atoms with Gasteiger partial charge in [-0.25, -0.2) is 9.78 Å². The fraction of sp³-hybridized carbons (Fsp3) is 0.464. The lowest BCUT2D eigenvalue weighted by Gasteiger charge is -2.35. The number of carbonyl (C=O) groups excluding carboxylic acids is 2. The number of carbonyl (C=O) groups is 2. The van der Waals surface area contributed by atoms with Crippen LogP contribution in [0.2, 0.25) is 0 Å². The van der Waals surface area contributed by atoms with Gasteiger partial charge in [0.25, 0.3) is 0 Å². The number of hydrogen-bond acceptors (Lipinski definition) is 5. The maximum absolute atomic E-state index is 12.3. The van der Waals surface area contributed by atoms with Gasteiger partial charge in [0.2, 0.25) is 5.91 Å². The van der Waals surface area contributed by atoms with E-state index >= 15 is 0 Å². The van der Waals surface area contributed by atoms with E-state index in [2.05, 4.69) is 45.9 Å². The SMILES string of the molecule is CC(=O)N1CCn2c(C3CCOCC3)nc(-c3cccc4cc(N5CCN(C(N)=O)CC5)ccc34)c2C1. The number of rotatable bonds is 3. The molecule has 0 spiro atoms. The lowest BCUT2D eigenvalue weighted by molar-refractivity contribution is -0.130. The summed E-state index contributed by atoms with van der Waals surface area (Å²) in [5, 5.41) is 2.31. The van der Waals surface area contributed by atoms with Crippen LogP contribution in [0.5, 0.6) is 0 Å². The maximum Gasteiger partial charge on any atom is 0.314 e. The van der Waals surface area contributed by atoms with Gasteiger partial charge in [0, 0.05) is 76.6 Å². The molecule has 9 heteroatoms. The molecule has 3 aromatic rings. The van der Waals surface area contributed by atoms with Crippen LogP contribution in [0.25, 0.3) is 22.0 Å². The summed E-state index contributed by atoms with van der Waals surface area (Å²) in [6.07, 6.45) is 1.96. The summed E-state index contributed by atoms with van der Waals surface area (Å²) in [6, 6.07) is 12.6. The molecule has 0 atom stereocenters. The highest BCUT2D eigenvalue weighted by Gasteiger charge is 2.30. The number of hydrogen-bond donors (Lipinski definition) is 1. The van der Waals surface area contributed by atoms with Gasteiger partial charge in [-0.05, 0) is 35.7 Å². The third-order valence-corrected chi connectivity index (χ3v) is 8.14. The minimum absolute atomic E-state index is 0.102. The molecule has 37 heavy (non-hydrogen) atoms. The van der Waals surface area contributed by atoms with E-state index in [0.717, 1.165) is 91.5 Å². The standard InChI is InChI=1S/C28H34N6O3/c1-19(35)33-13-14-34-25(18-33)26(30-27(34)20-7-15-37-16-8-20)24-4-2-3-21-17-22(5-6-23(21)24)31-9-11-32(12-10-31)28(29)36/h2-6,17,20H,7-16,18H2,1H3,(H2,29,36). The first-order valence-electron chi connectivity index (χ1n) is 13.2. The molecule has 2 aromatic carbocycles. The van der Waals surface area contributed by atoms with Crippen molar-refractivity contribution in [2.24, 2.45) is 5.73 Å². The molecule has 1 aromatic heterocycles. The number of benzene rings is 2. The number of primary amides is 1. The highest BCUT2D eigenvalue weighted by molar-refractivity contribution is 5.98. The van der Waals surface area contributed by atoms with Gasteiger partial charge >= 0.3 is 6.03 Å². The molecule has 3 amide bonds. The van der Waals surface area contributed by atoms with Crippen LogP contribution in [0.15, 0.2) is 36.4 Å². The Morgan fingerprint density at radius 1 is 0.973 bits per heavy atom. The third-order valence-electron chi connectivity index (χ3n) is 8.14. The van der Waals surface area contributed by atoms with Gasteiger partial charge in [-0.15, -0.1) is 0 Å². The summed E-state index contributed by atoms with van der Waals surface area (Å²) < 4.78 is 7.99. The normalized spacial score (nSPS) is 18.8. The van der Waals surface area contributed by atoms with Gasteiger partial charge in [0.15, 0.2) is 0 Å². The number of ether oxygens (including phenoxy) is 1. The Labute approximate surface area is 216 Å². The van der Waals surface area contributed by atoms with Crippen LogP contribution in [0, 0.1) is 0 Å². The number of fused-ring (bicyclic) bond motifs is 2. The molecule has 3 aliphatic heterocycles.